The minimum Gasteiger partial charge on any atom is -0.387 e. The maximum absolute atomic E-state index is 11.5. The van der Waals surface area contributed by atoms with Gasteiger partial charge in [-0.15, -0.1) is 0 Å². The van der Waals surface area contributed by atoms with Crippen molar-refractivity contribution in [1.29, 1.82) is 0 Å². The van der Waals surface area contributed by atoms with Gasteiger partial charge in [-0.2, -0.15) is 11.3 Å². The summed E-state index contributed by atoms with van der Waals surface area (Å²) in [7, 11) is 0. The third-order valence-corrected chi connectivity index (χ3v) is 3.12. The molecule has 0 aliphatic heterocycles. The van der Waals surface area contributed by atoms with Crippen LogP contribution in [-0.4, -0.2) is 23.1 Å². The minimum atomic E-state index is -0.629. The molecule has 1 rings (SSSR count). The third-order valence-electron chi connectivity index (χ3n) is 2.42. The maximum Gasteiger partial charge on any atom is 0.220 e. The standard InChI is InChI=1S/C12H20N2O2S/c1-12(2,13)5-3-11(16)14-7-10(15)9-4-6-17-8-9/h4,6,8,10,15H,3,5,7,13H2,1-2H3,(H,14,16). The molecule has 4 N–H and O–H groups in total. The van der Waals surface area contributed by atoms with Crippen LogP contribution < -0.4 is 11.1 Å². The lowest BCUT2D eigenvalue weighted by molar-refractivity contribution is -0.121. The van der Waals surface area contributed by atoms with Gasteiger partial charge in [-0.1, -0.05) is 0 Å². The van der Waals surface area contributed by atoms with Crippen LogP contribution in [0.2, 0.25) is 0 Å². The van der Waals surface area contributed by atoms with E-state index in [9.17, 15) is 9.90 Å². The smallest absolute Gasteiger partial charge is 0.220 e. The van der Waals surface area contributed by atoms with E-state index in [0.717, 1.165) is 5.56 Å². The highest BCUT2D eigenvalue weighted by Crippen LogP contribution is 2.15. The van der Waals surface area contributed by atoms with Gasteiger partial charge in [0.15, 0.2) is 0 Å². The summed E-state index contributed by atoms with van der Waals surface area (Å²) in [5.74, 6) is -0.0715. The van der Waals surface area contributed by atoms with Gasteiger partial charge in [0.1, 0.15) is 0 Å². The fourth-order valence-corrected chi connectivity index (χ4v) is 2.02. The molecule has 0 spiro atoms. The normalized spacial score (nSPS) is 13.4. The Bertz CT molecular complexity index is 344. The second kappa shape index (κ2) is 6.14. The molecule has 1 aromatic heterocycles. The van der Waals surface area contributed by atoms with Gasteiger partial charge < -0.3 is 16.2 Å². The summed E-state index contributed by atoms with van der Waals surface area (Å²) in [5.41, 5.74) is 6.30. The van der Waals surface area contributed by atoms with Crippen LogP contribution in [0.1, 0.15) is 38.4 Å². The van der Waals surface area contributed by atoms with Gasteiger partial charge in [0.05, 0.1) is 6.10 Å². The predicted molar refractivity (Wildman–Crippen MR) is 69.8 cm³/mol. The lowest BCUT2D eigenvalue weighted by Gasteiger charge is -2.18. The molecule has 96 valence electrons. The second-order valence-electron chi connectivity index (χ2n) is 4.87. The molecule has 1 atom stereocenters. The number of amides is 1. The molecule has 0 aliphatic carbocycles. The minimum absolute atomic E-state index is 0.0715. The summed E-state index contributed by atoms with van der Waals surface area (Å²) >= 11 is 1.53. The zero-order valence-electron chi connectivity index (χ0n) is 10.3. The lowest BCUT2D eigenvalue weighted by atomic mass is 10.00. The molecule has 1 aromatic rings. The molecule has 17 heavy (non-hydrogen) atoms. The average Bonchev–Trinajstić information content (AvgIpc) is 2.75. The largest absolute Gasteiger partial charge is 0.387 e. The summed E-state index contributed by atoms with van der Waals surface area (Å²) in [4.78, 5) is 11.5. The van der Waals surface area contributed by atoms with Gasteiger partial charge in [-0.3, -0.25) is 4.79 Å². The first-order valence-corrected chi connectivity index (χ1v) is 6.58. The summed E-state index contributed by atoms with van der Waals surface area (Å²) < 4.78 is 0. The zero-order chi connectivity index (χ0) is 12.9. The third kappa shape index (κ3) is 5.81. The molecule has 0 radical (unpaired) electrons. The van der Waals surface area contributed by atoms with Crippen molar-refractivity contribution in [2.24, 2.45) is 5.73 Å². The average molecular weight is 256 g/mol. The Hall–Kier alpha value is -0.910. The number of thiophene rings is 1. The van der Waals surface area contributed by atoms with Crippen LogP contribution in [0.4, 0.5) is 0 Å². The van der Waals surface area contributed by atoms with Gasteiger partial charge in [0.25, 0.3) is 0 Å². The maximum atomic E-state index is 11.5. The van der Waals surface area contributed by atoms with Crippen molar-refractivity contribution in [3.05, 3.63) is 22.4 Å². The van der Waals surface area contributed by atoms with Gasteiger partial charge in [-0.05, 0) is 42.7 Å². The van der Waals surface area contributed by atoms with E-state index in [1.165, 1.54) is 11.3 Å². The molecule has 0 bridgehead atoms. The SMILES string of the molecule is CC(C)(N)CCC(=O)NCC(O)c1ccsc1. The van der Waals surface area contributed by atoms with Crippen LogP contribution in [0.15, 0.2) is 16.8 Å². The Kier molecular flexibility index (Phi) is 5.11. The fourth-order valence-electron chi connectivity index (χ4n) is 1.32. The topological polar surface area (TPSA) is 75.4 Å². The highest BCUT2D eigenvalue weighted by molar-refractivity contribution is 7.07. The van der Waals surface area contributed by atoms with Crippen molar-refractivity contribution in [1.82, 2.24) is 5.32 Å². The molecule has 1 heterocycles. The number of carbonyl (C=O) groups is 1. The zero-order valence-corrected chi connectivity index (χ0v) is 11.1. The number of carbonyl (C=O) groups excluding carboxylic acids is 1. The molecule has 0 fully saturated rings. The summed E-state index contributed by atoms with van der Waals surface area (Å²) in [6, 6.07) is 1.85. The first-order valence-electron chi connectivity index (χ1n) is 5.64. The van der Waals surface area contributed by atoms with Crippen LogP contribution in [-0.2, 0) is 4.79 Å². The number of rotatable bonds is 6. The van der Waals surface area contributed by atoms with E-state index < -0.39 is 6.10 Å². The van der Waals surface area contributed by atoms with Crippen molar-refractivity contribution in [2.75, 3.05) is 6.54 Å². The van der Waals surface area contributed by atoms with Crippen LogP contribution in [0.25, 0.3) is 0 Å². The Morgan fingerprint density at radius 1 is 1.65 bits per heavy atom. The molecule has 5 heteroatoms. The number of nitrogens with one attached hydrogen (secondary N) is 1. The van der Waals surface area contributed by atoms with E-state index >= 15 is 0 Å². The molecule has 0 aliphatic rings. The highest BCUT2D eigenvalue weighted by Gasteiger charge is 2.14. The van der Waals surface area contributed by atoms with Gasteiger partial charge in [0, 0.05) is 18.5 Å². The van der Waals surface area contributed by atoms with Gasteiger partial charge >= 0.3 is 0 Å². The predicted octanol–water partition coefficient (Wildman–Crippen LogP) is 1.42. The monoisotopic (exact) mass is 256 g/mol. The van der Waals surface area contributed by atoms with Crippen molar-refractivity contribution < 1.29 is 9.90 Å². The Labute approximate surface area is 106 Å². The quantitative estimate of drug-likeness (QED) is 0.720. The van der Waals surface area contributed by atoms with E-state index in [1.807, 2.05) is 30.7 Å². The molecular weight excluding hydrogens is 236 g/mol. The van der Waals surface area contributed by atoms with E-state index in [2.05, 4.69) is 5.32 Å². The number of aliphatic hydroxyl groups excluding tert-OH is 1. The molecule has 1 unspecified atom stereocenters. The summed E-state index contributed by atoms with van der Waals surface area (Å²) in [5, 5.41) is 16.2. The fraction of sp³-hybridized carbons (Fsp3) is 0.583. The van der Waals surface area contributed by atoms with E-state index in [1.54, 1.807) is 0 Å². The summed E-state index contributed by atoms with van der Waals surface area (Å²) in [6.07, 6.45) is 0.392. The number of nitrogens with two attached hydrogens (primary N) is 1. The van der Waals surface area contributed by atoms with Gasteiger partial charge in [0.2, 0.25) is 5.91 Å². The van der Waals surface area contributed by atoms with Crippen LogP contribution in [0, 0.1) is 0 Å². The van der Waals surface area contributed by atoms with Crippen LogP contribution in [0.3, 0.4) is 0 Å². The highest BCUT2D eigenvalue weighted by atomic mass is 32.1. The molecule has 4 nitrogen and oxygen atoms in total. The second-order valence-corrected chi connectivity index (χ2v) is 5.65. The van der Waals surface area contributed by atoms with Crippen molar-refractivity contribution in [3.63, 3.8) is 0 Å². The van der Waals surface area contributed by atoms with Crippen LogP contribution in [0.5, 0.6) is 0 Å². The van der Waals surface area contributed by atoms with Crippen molar-refractivity contribution in [3.8, 4) is 0 Å². The molecule has 0 aromatic carbocycles. The van der Waals surface area contributed by atoms with E-state index in [0.29, 0.717) is 12.8 Å². The van der Waals surface area contributed by atoms with Gasteiger partial charge in [-0.25, -0.2) is 0 Å². The van der Waals surface area contributed by atoms with Crippen molar-refractivity contribution in [2.45, 2.75) is 38.3 Å². The molecular formula is C12H20N2O2S. The first kappa shape index (κ1) is 14.2. The Balaban J connectivity index is 2.24. The molecule has 1 amide bonds. The first-order chi connectivity index (χ1) is 7.88. The molecule has 0 saturated heterocycles. The number of aliphatic hydroxyl groups is 1. The van der Waals surface area contributed by atoms with Crippen molar-refractivity contribution >= 4 is 17.2 Å². The van der Waals surface area contributed by atoms with Crippen LogP contribution >= 0.6 is 11.3 Å². The summed E-state index contributed by atoms with van der Waals surface area (Å²) in [6.45, 7) is 4.03. The Morgan fingerprint density at radius 2 is 2.35 bits per heavy atom. The molecule has 0 saturated carbocycles. The lowest BCUT2D eigenvalue weighted by Crippen LogP contribution is -2.35. The number of hydrogen-bond acceptors (Lipinski definition) is 4. The Morgan fingerprint density at radius 3 is 2.88 bits per heavy atom. The van der Waals surface area contributed by atoms with E-state index in [-0.39, 0.29) is 18.0 Å². The van der Waals surface area contributed by atoms with E-state index in [4.69, 9.17) is 5.73 Å². The number of hydrogen-bond donors (Lipinski definition) is 3.